The molecule has 1 saturated heterocycles. The first-order valence-corrected chi connectivity index (χ1v) is 5.67. The van der Waals surface area contributed by atoms with Gasteiger partial charge in [-0.15, -0.1) is 0 Å². The SMILES string of the molecule is CN1CCC(C(C)(C)CNCC(F)(F)F)C1. The molecule has 1 fully saturated rings. The number of halogens is 3. The largest absolute Gasteiger partial charge is 0.401 e. The molecule has 0 aliphatic carbocycles. The molecule has 0 radical (unpaired) electrons. The Kier molecular flexibility index (Phi) is 4.23. The van der Waals surface area contributed by atoms with Gasteiger partial charge in [-0.3, -0.25) is 0 Å². The Morgan fingerprint density at radius 1 is 1.25 bits per heavy atom. The van der Waals surface area contributed by atoms with Crippen LogP contribution >= 0.6 is 0 Å². The number of nitrogens with zero attached hydrogens (tertiary/aromatic N) is 1. The van der Waals surface area contributed by atoms with E-state index in [0.29, 0.717) is 12.5 Å². The van der Waals surface area contributed by atoms with Crippen molar-refractivity contribution in [3.63, 3.8) is 0 Å². The van der Waals surface area contributed by atoms with Gasteiger partial charge in [-0.2, -0.15) is 13.2 Å². The molecule has 2 nitrogen and oxygen atoms in total. The molecule has 1 heterocycles. The van der Waals surface area contributed by atoms with Crippen molar-refractivity contribution < 1.29 is 13.2 Å². The molecule has 1 aliphatic rings. The second-order valence-corrected chi connectivity index (χ2v) is 5.46. The highest BCUT2D eigenvalue weighted by molar-refractivity contribution is 4.87. The molecule has 5 heteroatoms. The van der Waals surface area contributed by atoms with Crippen molar-refractivity contribution >= 4 is 0 Å². The summed E-state index contributed by atoms with van der Waals surface area (Å²) in [6, 6.07) is 0. The van der Waals surface area contributed by atoms with E-state index in [-0.39, 0.29) is 5.41 Å². The molecular weight excluding hydrogens is 217 g/mol. The quantitative estimate of drug-likeness (QED) is 0.807. The fourth-order valence-corrected chi connectivity index (χ4v) is 2.24. The zero-order valence-corrected chi connectivity index (χ0v) is 10.2. The van der Waals surface area contributed by atoms with E-state index in [9.17, 15) is 13.2 Å². The summed E-state index contributed by atoms with van der Waals surface area (Å²) < 4.78 is 36.0. The van der Waals surface area contributed by atoms with Crippen LogP contribution in [0.4, 0.5) is 13.2 Å². The van der Waals surface area contributed by atoms with Gasteiger partial charge in [0.15, 0.2) is 0 Å². The highest BCUT2D eigenvalue weighted by Gasteiger charge is 2.35. The maximum absolute atomic E-state index is 12.0. The highest BCUT2D eigenvalue weighted by atomic mass is 19.4. The lowest BCUT2D eigenvalue weighted by Gasteiger charge is -2.32. The van der Waals surface area contributed by atoms with E-state index in [1.807, 2.05) is 13.8 Å². The minimum atomic E-state index is -4.11. The summed E-state index contributed by atoms with van der Waals surface area (Å²) in [4.78, 5) is 2.23. The van der Waals surface area contributed by atoms with E-state index in [4.69, 9.17) is 0 Å². The summed E-state index contributed by atoms with van der Waals surface area (Å²) in [5.41, 5.74) is -0.0734. The Morgan fingerprint density at radius 3 is 2.31 bits per heavy atom. The van der Waals surface area contributed by atoms with E-state index in [1.165, 1.54) is 0 Å². The van der Waals surface area contributed by atoms with Crippen LogP contribution in [0, 0.1) is 11.3 Å². The van der Waals surface area contributed by atoms with Gasteiger partial charge >= 0.3 is 6.18 Å². The molecular formula is C11H21F3N2. The minimum Gasteiger partial charge on any atom is -0.308 e. The third kappa shape index (κ3) is 4.29. The smallest absolute Gasteiger partial charge is 0.308 e. The Morgan fingerprint density at radius 2 is 1.88 bits per heavy atom. The van der Waals surface area contributed by atoms with E-state index < -0.39 is 12.7 Å². The maximum atomic E-state index is 12.0. The maximum Gasteiger partial charge on any atom is 0.401 e. The van der Waals surface area contributed by atoms with Gasteiger partial charge in [0.1, 0.15) is 0 Å². The first-order chi connectivity index (χ1) is 7.21. The number of nitrogens with one attached hydrogen (secondary N) is 1. The summed E-state index contributed by atoms with van der Waals surface area (Å²) in [6.07, 6.45) is -3.03. The van der Waals surface area contributed by atoms with Gasteiger partial charge in [0.2, 0.25) is 0 Å². The van der Waals surface area contributed by atoms with Crippen LogP contribution in [0.5, 0.6) is 0 Å². The van der Waals surface area contributed by atoms with Crippen LogP contribution in [0.2, 0.25) is 0 Å². The predicted molar refractivity (Wildman–Crippen MR) is 58.3 cm³/mol. The van der Waals surface area contributed by atoms with Gasteiger partial charge in [0, 0.05) is 13.1 Å². The number of alkyl halides is 3. The highest BCUT2D eigenvalue weighted by Crippen LogP contribution is 2.33. The molecule has 1 atom stereocenters. The number of hydrogen-bond donors (Lipinski definition) is 1. The summed E-state index contributed by atoms with van der Waals surface area (Å²) in [6.45, 7) is 5.65. The van der Waals surface area contributed by atoms with Crippen molar-refractivity contribution in [3.8, 4) is 0 Å². The standard InChI is InChI=1S/C11H21F3N2/c1-10(2,7-15-8-11(12,13)14)9-4-5-16(3)6-9/h9,15H,4-8H2,1-3H3. The van der Waals surface area contributed by atoms with Crippen molar-refractivity contribution in [1.82, 2.24) is 10.2 Å². The van der Waals surface area contributed by atoms with Crippen molar-refractivity contribution in [2.75, 3.05) is 33.2 Å². The first kappa shape index (κ1) is 13.8. The topological polar surface area (TPSA) is 15.3 Å². The predicted octanol–water partition coefficient (Wildman–Crippen LogP) is 2.12. The summed E-state index contributed by atoms with van der Waals surface area (Å²) in [7, 11) is 2.05. The van der Waals surface area contributed by atoms with Gasteiger partial charge in [0.05, 0.1) is 6.54 Å². The molecule has 1 aliphatic heterocycles. The molecule has 96 valence electrons. The first-order valence-electron chi connectivity index (χ1n) is 5.67. The second-order valence-electron chi connectivity index (χ2n) is 5.46. The molecule has 0 saturated carbocycles. The van der Waals surface area contributed by atoms with Crippen molar-refractivity contribution in [1.29, 1.82) is 0 Å². The zero-order chi connectivity index (χ0) is 12.4. The summed E-state index contributed by atoms with van der Waals surface area (Å²) in [5, 5.41) is 2.51. The minimum absolute atomic E-state index is 0.0734. The molecule has 1 N–H and O–H groups in total. The van der Waals surface area contributed by atoms with Crippen LogP contribution in [-0.4, -0.2) is 44.3 Å². The van der Waals surface area contributed by atoms with Crippen molar-refractivity contribution in [3.05, 3.63) is 0 Å². The molecule has 0 aromatic rings. The molecule has 16 heavy (non-hydrogen) atoms. The van der Waals surface area contributed by atoms with Crippen LogP contribution in [0.15, 0.2) is 0 Å². The van der Waals surface area contributed by atoms with E-state index >= 15 is 0 Å². The van der Waals surface area contributed by atoms with E-state index in [0.717, 1.165) is 19.5 Å². The van der Waals surface area contributed by atoms with E-state index in [2.05, 4.69) is 17.3 Å². The van der Waals surface area contributed by atoms with Crippen LogP contribution in [-0.2, 0) is 0 Å². The summed E-state index contributed by atoms with van der Waals surface area (Å²) in [5.74, 6) is 0.484. The molecule has 1 unspecified atom stereocenters. The number of rotatable bonds is 4. The fourth-order valence-electron chi connectivity index (χ4n) is 2.24. The van der Waals surface area contributed by atoms with Gasteiger partial charge in [-0.05, 0) is 31.3 Å². The van der Waals surface area contributed by atoms with Gasteiger partial charge < -0.3 is 10.2 Å². The zero-order valence-electron chi connectivity index (χ0n) is 10.2. The fraction of sp³-hybridized carbons (Fsp3) is 1.00. The van der Waals surface area contributed by atoms with Crippen molar-refractivity contribution in [2.24, 2.45) is 11.3 Å². The average Bonchev–Trinajstić information content (AvgIpc) is 2.49. The molecule has 1 rings (SSSR count). The Bertz CT molecular complexity index is 226. The van der Waals surface area contributed by atoms with Gasteiger partial charge in [0.25, 0.3) is 0 Å². The third-order valence-corrected chi connectivity index (χ3v) is 3.40. The third-order valence-electron chi connectivity index (χ3n) is 3.40. The van der Waals surface area contributed by atoms with Crippen LogP contribution < -0.4 is 5.32 Å². The second kappa shape index (κ2) is 4.92. The van der Waals surface area contributed by atoms with Crippen LogP contribution in [0.1, 0.15) is 20.3 Å². The Balaban J connectivity index is 2.34. The lowest BCUT2D eigenvalue weighted by Crippen LogP contribution is -2.40. The van der Waals surface area contributed by atoms with Crippen LogP contribution in [0.25, 0.3) is 0 Å². The molecule has 0 aromatic heterocycles. The molecule has 0 bridgehead atoms. The molecule has 0 aromatic carbocycles. The van der Waals surface area contributed by atoms with Crippen LogP contribution in [0.3, 0.4) is 0 Å². The lowest BCUT2D eigenvalue weighted by molar-refractivity contribution is -0.125. The molecule has 0 spiro atoms. The monoisotopic (exact) mass is 238 g/mol. The Hall–Kier alpha value is -0.290. The Labute approximate surface area is 95.2 Å². The summed E-state index contributed by atoms with van der Waals surface area (Å²) >= 11 is 0. The lowest BCUT2D eigenvalue weighted by atomic mass is 9.78. The molecule has 0 amide bonds. The number of hydrogen-bond acceptors (Lipinski definition) is 2. The number of likely N-dealkylation sites (tertiary alicyclic amines) is 1. The normalized spacial score (nSPS) is 24.0. The average molecular weight is 238 g/mol. The van der Waals surface area contributed by atoms with Crippen molar-refractivity contribution in [2.45, 2.75) is 26.4 Å². The van der Waals surface area contributed by atoms with E-state index in [1.54, 1.807) is 0 Å². The van der Waals surface area contributed by atoms with Gasteiger partial charge in [-0.1, -0.05) is 13.8 Å². The van der Waals surface area contributed by atoms with Gasteiger partial charge in [-0.25, -0.2) is 0 Å².